The van der Waals surface area contributed by atoms with Gasteiger partial charge in [0.15, 0.2) is 0 Å². The van der Waals surface area contributed by atoms with Gasteiger partial charge >= 0.3 is 0 Å². The van der Waals surface area contributed by atoms with E-state index in [2.05, 4.69) is 4.98 Å². The number of amides is 1. The smallest absolute Gasteiger partial charge is 0.256 e. The minimum atomic E-state index is -0.0275. The quantitative estimate of drug-likeness (QED) is 0.893. The Kier molecular flexibility index (Phi) is 4.47. The Hall–Kier alpha value is -1.94. The van der Waals surface area contributed by atoms with Crippen LogP contribution in [0.5, 0.6) is 0 Å². The molecule has 0 aliphatic carbocycles. The predicted molar refractivity (Wildman–Crippen MR) is 75.0 cm³/mol. The van der Waals surface area contributed by atoms with Crippen LogP contribution in [0.1, 0.15) is 23.7 Å². The molecular weight excluding hydrogens is 240 g/mol. The van der Waals surface area contributed by atoms with Crippen LogP contribution in [-0.2, 0) is 0 Å². The van der Waals surface area contributed by atoms with Gasteiger partial charge in [0.05, 0.1) is 11.1 Å². The Labute approximate surface area is 112 Å². The third-order valence-corrected chi connectivity index (χ3v) is 3.12. The van der Waals surface area contributed by atoms with Gasteiger partial charge in [-0.3, -0.25) is 9.78 Å². The monoisotopic (exact) mass is 258 g/mol. The first-order chi connectivity index (χ1) is 9.27. The molecule has 1 aromatic carbocycles. The van der Waals surface area contributed by atoms with Gasteiger partial charge < -0.3 is 10.0 Å². The third-order valence-electron chi connectivity index (χ3n) is 3.12. The van der Waals surface area contributed by atoms with Crippen LogP contribution >= 0.6 is 0 Å². The number of aliphatic hydroxyl groups is 1. The summed E-state index contributed by atoms with van der Waals surface area (Å²) in [7, 11) is 0. The zero-order valence-corrected chi connectivity index (χ0v) is 11.0. The average Bonchev–Trinajstić information content (AvgIpc) is 2.47. The molecular formula is C15H18N2O2. The Bertz CT molecular complexity index is 564. The molecule has 1 amide bonds. The zero-order valence-electron chi connectivity index (χ0n) is 11.0. The van der Waals surface area contributed by atoms with E-state index in [0.29, 0.717) is 25.1 Å². The molecule has 0 saturated carbocycles. The Morgan fingerprint density at radius 2 is 2.11 bits per heavy atom. The molecule has 1 heterocycles. The molecule has 0 aliphatic rings. The summed E-state index contributed by atoms with van der Waals surface area (Å²) in [5.74, 6) is -0.0275. The number of carbonyl (C=O) groups is 1. The fraction of sp³-hybridized carbons (Fsp3) is 0.333. The van der Waals surface area contributed by atoms with Gasteiger partial charge in [0.1, 0.15) is 0 Å². The number of rotatable bonds is 5. The van der Waals surface area contributed by atoms with Gasteiger partial charge in [-0.05, 0) is 25.5 Å². The number of hydrogen-bond donors (Lipinski definition) is 1. The number of pyridine rings is 1. The van der Waals surface area contributed by atoms with Crippen LogP contribution in [0.4, 0.5) is 0 Å². The maximum absolute atomic E-state index is 12.5. The Morgan fingerprint density at radius 3 is 2.84 bits per heavy atom. The van der Waals surface area contributed by atoms with Crippen molar-refractivity contribution < 1.29 is 9.90 Å². The molecule has 0 atom stereocenters. The maximum atomic E-state index is 12.5. The van der Waals surface area contributed by atoms with Crippen molar-refractivity contribution in [1.82, 2.24) is 9.88 Å². The lowest BCUT2D eigenvalue weighted by Gasteiger charge is -2.21. The molecule has 1 aromatic heterocycles. The largest absolute Gasteiger partial charge is 0.396 e. The van der Waals surface area contributed by atoms with Crippen LogP contribution in [0.15, 0.2) is 36.5 Å². The summed E-state index contributed by atoms with van der Waals surface area (Å²) in [5, 5.41) is 9.85. The SMILES string of the molecule is CCN(CCCO)C(=O)c1cccc2cccnc12. The van der Waals surface area contributed by atoms with Crippen LogP contribution in [-0.4, -0.2) is 40.6 Å². The van der Waals surface area contributed by atoms with Crippen molar-refractivity contribution in [2.75, 3.05) is 19.7 Å². The first-order valence-electron chi connectivity index (χ1n) is 6.51. The summed E-state index contributed by atoms with van der Waals surface area (Å²) in [5.41, 5.74) is 1.36. The molecule has 0 aliphatic heterocycles. The van der Waals surface area contributed by atoms with E-state index in [9.17, 15) is 4.79 Å². The maximum Gasteiger partial charge on any atom is 0.256 e. The molecule has 19 heavy (non-hydrogen) atoms. The second-order valence-corrected chi connectivity index (χ2v) is 4.34. The van der Waals surface area contributed by atoms with E-state index in [1.54, 1.807) is 17.2 Å². The van der Waals surface area contributed by atoms with E-state index in [1.165, 1.54) is 0 Å². The van der Waals surface area contributed by atoms with E-state index >= 15 is 0 Å². The fourth-order valence-electron chi connectivity index (χ4n) is 2.11. The minimum absolute atomic E-state index is 0.0275. The van der Waals surface area contributed by atoms with Gasteiger partial charge in [-0.15, -0.1) is 0 Å². The molecule has 0 fully saturated rings. The number of fused-ring (bicyclic) bond motifs is 1. The van der Waals surface area contributed by atoms with E-state index in [4.69, 9.17) is 5.11 Å². The van der Waals surface area contributed by atoms with Gasteiger partial charge in [0.25, 0.3) is 5.91 Å². The van der Waals surface area contributed by atoms with Gasteiger partial charge in [-0.25, -0.2) is 0 Å². The summed E-state index contributed by atoms with van der Waals surface area (Å²) < 4.78 is 0. The van der Waals surface area contributed by atoms with E-state index in [-0.39, 0.29) is 12.5 Å². The van der Waals surface area contributed by atoms with E-state index in [0.717, 1.165) is 10.9 Å². The fourth-order valence-corrected chi connectivity index (χ4v) is 2.11. The van der Waals surface area contributed by atoms with Crippen molar-refractivity contribution in [3.05, 3.63) is 42.1 Å². The number of hydrogen-bond acceptors (Lipinski definition) is 3. The second-order valence-electron chi connectivity index (χ2n) is 4.34. The summed E-state index contributed by atoms with van der Waals surface area (Å²) in [6.07, 6.45) is 2.29. The molecule has 2 rings (SSSR count). The van der Waals surface area contributed by atoms with Crippen molar-refractivity contribution in [2.45, 2.75) is 13.3 Å². The van der Waals surface area contributed by atoms with Gasteiger partial charge in [0.2, 0.25) is 0 Å². The summed E-state index contributed by atoms with van der Waals surface area (Å²) in [6, 6.07) is 9.43. The van der Waals surface area contributed by atoms with Gasteiger partial charge in [0, 0.05) is 31.3 Å². The third kappa shape index (κ3) is 2.90. The lowest BCUT2D eigenvalue weighted by Crippen LogP contribution is -2.32. The van der Waals surface area contributed by atoms with Crippen molar-refractivity contribution in [2.24, 2.45) is 0 Å². The highest BCUT2D eigenvalue weighted by Crippen LogP contribution is 2.17. The predicted octanol–water partition coefficient (Wildman–Crippen LogP) is 2.08. The van der Waals surface area contributed by atoms with Crippen LogP contribution in [0.3, 0.4) is 0 Å². The van der Waals surface area contributed by atoms with E-state index in [1.807, 2.05) is 31.2 Å². The minimum Gasteiger partial charge on any atom is -0.396 e. The second kappa shape index (κ2) is 6.29. The lowest BCUT2D eigenvalue weighted by atomic mass is 10.1. The van der Waals surface area contributed by atoms with Crippen LogP contribution < -0.4 is 0 Å². The summed E-state index contributed by atoms with van der Waals surface area (Å²) >= 11 is 0. The molecule has 0 radical (unpaired) electrons. The molecule has 0 unspecified atom stereocenters. The number of aliphatic hydroxyl groups excluding tert-OH is 1. The van der Waals surface area contributed by atoms with Crippen LogP contribution in [0.2, 0.25) is 0 Å². The van der Waals surface area contributed by atoms with Crippen LogP contribution in [0, 0.1) is 0 Å². The van der Waals surface area contributed by atoms with Crippen molar-refractivity contribution in [3.8, 4) is 0 Å². The molecule has 2 aromatic rings. The first-order valence-corrected chi connectivity index (χ1v) is 6.51. The first kappa shape index (κ1) is 13.5. The number of carbonyl (C=O) groups excluding carboxylic acids is 1. The number of para-hydroxylation sites is 1. The highest BCUT2D eigenvalue weighted by atomic mass is 16.3. The molecule has 0 spiro atoms. The average molecular weight is 258 g/mol. The molecule has 0 bridgehead atoms. The lowest BCUT2D eigenvalue weighted by molar-refractivity contribution is 0.0756. The molecule has 4 heteroatoms. The topological polar surface area (TPSA) is 53.4 Å². The van der Waals surface area contributed by atoms with Crippen molar-refractivity contribution >= 4 is 16.8 Å². The Balaban J connectivity index is 2.35. The van der Waals surface area contributed by atoms with Gasteiger partial charge in [-0.1, -0.05) is 18.2 Å². The normalized spacial score (nSPS) is 10.6. The standard InChI is InChI=1S/C15H18N2O2/c1-2-17(10-5-11-18)15(19)13-8-3-6-12-7-4-9-16-14(12)13/h3-4,6-9,18H,2,5,10-11H2,1H3. The zero-order chi connectivity index (χ0) is 13.7. The van der Waals surface area contributed by atoms with Crippen LogP contribution in [0.25, 0.3) is 10.9 Å². The Morgan fingerprint density at radius 1 is 1.32 bits per heavy atom. The highest BCUT2D eigenvalue weighted by Gasteiger charge is 2.16. The summed E-state index contributed by atoms with van der Waals surface area (Å²) in [4.78, 5) is 18.5. The molecule has 100 valence electrons. The molecule has 0 saturated heterocycles. The number of benzene rings is 1. The highest BCUT2D eigenvalue weighted by molar-refractivity contribution is 6.05. The van der Waals surface area contributed by atoms with Crippen molar-refractivity contribution in [1.29, 1.82) is 0 Å². The van der Waals surface area contributed by atoms with Gasteiger partial charge in [-0.2, -0.15) is 0 Å². The molecule has 4 nitrogen and oxygen atoms in total. The van der Waals surface area contributed by atoms with Crippen molar-refractivity contribution in [3.63, 3.8) is 0 Å². The number of aromatic nitrogens is 1. The number of nitrogens with zero attached hydrogens (tertiary/aromatic N) is 2. The molecule has 1 N–H and O–H groups in total. The van der Waals surface area contributed by atoms with E-state index < -0.39 is 0 Å². The summed E-state index contributed by atoms with van der Waals surface area (Å²) in [6.45, 7) is 3.22.